The Labute approximate surface area is 122 Å². The largest absolute Gasteiger partial charge is 0.383 e. The lowest BCUT2D eigenvalue weighted by Gasteiger charge is -2.23. The molecule has 2 aromatic rings. The first kappa shape index (κ1) is 13.3. The fraction of sp³-hybridized carbons (Fsp3) is 0.462. The fourth-order valence-electron chi connectivity index (χ4n) is 2.41. The normalized spacial score (nSPS) is 16.2. The van der Waals surface area contributed by atoms with Gasteiger partial charge in [-0.25, -0.2) is 4.68 Å². The third kappa shape index (κ3) is 3.08. The van der Waals surface area contributed by atoms with Gasteiger partial charge in [-0.2, -0.15) is 0 Å². The summed E-state index contributed by atoms with van der Waals surface area (Å²) in [6.45, 7) is 3.15. The number of aromatic nitrogens is 4. The van der Waals surface area contributed by atoms with Gasteiger partial charge in [-0.3, -0.25) is 0 Å². The molecule has 1 aliphatic heterocycles. The van der Waals surface area contributed by atoms with Crippen molar-refractivity contribution in [3.63, 3.8) is 0 Å². The number of nitrogens with one attached hydrogen (secondary N) is 2. The molecular formula is C13H17ClN6. The van der Waals surface area contributed by atoms with E-state index in [1.165, 1.54) is 12.8 Å². The van der Waals surface area contributed by atoms with E-state index in [0.29, 0.717) is 5.92 Å². The maximum Gasteiger partial charge on any atom is 0.143 e. The Morgan fingerprint density at radius 1 is 1.35 bits per heavy atom. The lowest BCUT2D eigenvalue weighted by molar-refractivity contribution is 0.390. The standard InChI is InChI=1S/C13H17ClN6/c14-12-2-1-11(20-9-17-18-19-20)7-13(12)16-8-10-3-5-15-6-4-10/h1-2,7,9-10,15-16H,3-6,8H2. The number of nitrogens with zero attached hydrogens (tertiary/aromatic N) is 4. The van der Waals surface area contributed by atoms with E-state index in [4.69, 9.17) is 11.6 Å². The van der Waals surface area contributed by atoms with Crippen LogP contribution in [0.1, 0.15) is 12.8 Å². The number of anilines is 1. The van der Waals surface area contributed by atoms with Crippen molar-refractivity contribution in [2.24, 2.45) is 5.92 Å². The first-order valence-corrected chi connectivity index (χ1v) is 7.18. The Balaban J connectivity index is 1.70. The highest BCUT2D eigenvalue weighted by Crippen LogP contribution is 2.25. The Kier molecular flexibility index (Phi) is 4.13. The smallest absolute Gasteiger partial charge is 0.143 e. The third-order valence-electron chi connectivity index (χ3n) is 3.60. The molecule has 0 amide bonds. The minimum atomic E-state index is 0.698. The SMILES string of the molecule is Clc1ccc(-n2cnnn2)cc1NCC1CCNCC1. The molecule has 0 unspecified atom stereocenters. The molecule has 1 aromatic heterocycles. The van der Waals surface area contributed by atoms with Crippen LogP contribution in [-0.4, -0.2) is 39.8 Å². The van der Waals surface area contributed by atoms with Crippen LogP contribution in [0.15, 0.2) is 24.5 Å². The molecular weight excluding hydrogens is 276 g/mol. The van der Waals surface area contributed by atoms with Crippen molar-refractivity contribution >= 4 is 17.3 Å². The Morgan fingerprint density at radius 2 is 2.20 bits per heavy atom. The lowest BCUT2D eigenvalue weighted by Crippen LogP contribution is -2.31. The summed E-state index contributed by atoms with van der Waals surface area (Å²) in [7, 11) is 0. The van der Waals surface area contributed by atoms with Crippen molar-refractivity contribution in [2.45, 2.75) is 12.8 Å². The van der Waals surface area contributed by atoms with Crippen LogP contribution in [0.4, 0.5) is 5.69 Å². The van der Waals surface area contributed by atoms with E-state index in [1.807, 2.05) is 18.2 Å². The second-order valence-electron chi connectivity index (χ2n) is 4.99. The summed E-state index contributed by atoms with van der Waals surface area (Å²) in [6.07, 6.45) is 3.98. The first-order chi connectivity index (χ1) is 9.83. The molecule has 20 heavy (non-hydrogen) atoms. The van der Waals surface area contributed by atoms with Crippen LogP contribution >= 0.6 is 11.6 Å². The van der Waals surface area contributed by atoms with Crippen molar-refractivity contribution < 1.29 is 0 Å². The van der Waals surface area contributed by atoms with Gasteiger partial charge in [0.1, 0.15) is 6.33 Å². The summed E-state index contributed by atoms with van der Waals surface area (Å²) in [4.78, 5) is 0. The quantitative estimate of drug-likeness (QED) is 0.898. The highest BCUT2D eigenvalue weighted by Gasteiger charge is 2.13. The molecule has 3 rings (SSSR count). The molecule has 2 heterocycles. The summed E-state index contributed by atoms with van der Waals surface area (Å²) in [5.74, 6) is 0.698. The highest BCUT2D eigenvalue weighted by atomic mass is 35.5. The zero-order valence-electron chi connectivity index (χ0n) is 11.1. The van der Waals surface area contributed by atoms with E-state index in [0.717, 1.165) is 36.0 Å². The molecule has 0 spiro atoms. The number of benzene rings is 1. The minimum absolute atomic E-state index is 0.698. The van der Waals surface area contributed by atoms with Crippen LogP contribution < -0.4 is 10.6 Å². The van der Waals surface area contributed by atoms with Crippen LogP contribution in [0, 0.1) is 5.92 Å². The molecule has 1 saturated heterocycles. The average molecular weight is 293 g/mol. The second-order valence-corrected chi connectivity index (χ2v) is 5.40. The zero-order valence-corrected chi connectivity index (χ0v) is 11.8. The number of hydrogen-bond acceptors (Lipinski definition) is 5. The molecule has 0 saturated carbocycles. The van der Waals surface area contributed by atoms with Gasteiger partial charge in [0.25, 0.3) is 0 Å². The van der Waals surface area contributed by atoms with Gasteiger partial charge in [0, 0.05) is 6.54 Å². The predicted molar refractivity (Wildman–Crippen MR) is 78.2 cm³/mol. The maximum atomic E-state index is 6.24. The lowest BCUT2D eigenvalue weighted by atomic mass is 9.98. The molecule has 0 bridgehead atoms. The number of rotatable bonds is 4. The van der Waals surface area contributed by atoms with Crippen LogP contribution in [-0.2, 0) is 0 Å². The topological polar surface area (TPSA) is 67.7 Å². The molecule has 106 valence electrons. The monoisotopic (exact) mass is 292 g/mol. The van der Waals surface area contributed by atoms with Gasteiger partial charge in [0.05, 0.1) is 16.4 Å². The van der Waals surface area contributed by atoms with Crippen LogP contribution in [0.25, 0.3) is 5.69 Å². The van der Waals surface area contributed by atoms with Gasteiger partial charge >= 0.3 is 0 Å². The number of tetrazole rings is 1. The molecule has 1 aliphatic rings. The van der Waals surface area contributed by atoms with Crippen LogP contribution in [0.3, 0.4) is 0 Å². The Bertz CT molecular complexity index is 550. The van der Waals surface area contributed by atoms with E-state index >= 15 is 0 Å². The highest BCUT2D eigenvalue weighted by molar-refractivity contribution is 6.33. The summed E-state index contributed by atoms with van der Waals surface area (Å²) in [5.41, 5.74) is 1.82. The molecule has 1 fully saturated rings. The van der Waals surface area contributed by atoms with Crippen LogP contribution in [0.5, 0.6) is 0 Å². The van der Waals surface area contributed by atoms with Gasteiger partial charge in [0.15, 0.2) is 0 Å². The summed E-state index contributed by atoms with van der Waals surface area (Å²) in [5, 5.41) is 18.7. The van der Waals surface area contributed by atoms with E-state index in [-0.39, 0.29) is 0 Å². The summed E-state index contributed by atoms with van der Waals surface area (Å²) in [6, 6.07) is 5.73. The summed E-state index contributed by atoms with van der Waals surface area (Å²) >= 11 is 6.24. The van der Waals surface area contributed by atoms with Gasteiger partial charge in [-0.15, -0.1) is 5.10 Å². The molecule has 0 atom stereocenters. The van der Waals surface area contributed by atoms with E-state index in [2.05, 4.69) is 26.2 Å². The number of piperidine rings is 1. The molecule has 0 radical (unpaired) electrons. The van der Waals surface area contributed by atoms with E-state index < -0.39 is 0 Å². The average Bonchev–Trinajstić information content (AvgIpc) is 3.02. The number of halogens is 1. The molecule has 2 N–H and O–H groups in total. The van der Waals surface area contributed by atoms with Gasteiger partial charge in [0.2, 0.25) is 0 Å². The molecule has 1 aromatic carbocycles. The van der Waals surface area contributed by atoms with E-state index in [1.54, 1.807) is 11.0 Å². The van der Waals surface area contributed by atoms with Gasteiger partial charge in [-0.05, 0) is 60.5 Å². The van der Waals surface area contributed by atoms with E-state index in [9.17, 15) is 0 Å². The van der Waals surface area contributed by atoms with Crippen molar-refractivity contribution in [2.75, 3.05) is 25.0 Å². The van der Waals surface area contributed by atoms with Crippen molar-refractivity contribution in [1.29, 1.82) is 0 Å². The third-order valence-corrected chi connectivity index (χ3v) is 3.93. The minimum Gasteiger partial charge on any atom is -0.383 e. The fourth-order valence-corrected chi connectivity index (χ4v) is 2.60. The summed E-state index contributed by atoms with van der Waals surface area (Å²) < 4.78 is 1.62. The predicted octanol–water partition coefficient (Wildman–Crippen LogP) is 1.73. The van der Waals surface area contributed by atoms with Crippen molar-refractivity contribution in [3.8, 4) is 5.69 Å². The Hall–Kier alpha value is -1.66. The van der Waals surface area contributed by atoms with Gasteiger partial charge < -0.3 is 10.6 Å². The zero-order chi connectivity index (χ0) is 13.8. The molecule has 7 heteroatoms. The van der Waals surface area contributed by atoms with Gasteiger partial charge in [-0.1, -0.05) is 11.6 Å². The molecule has 6 nitrogen and oxygen atoms in total. The maximum absolute atomic E-state index is 6.24. The van der Waals surface area contributed by atoms with Crippen LogP contribution in [0.2, 0.25) is 5.02 Å². The van der Waals surface area contributed by atoms with Crippen molar-refractivity contribution in [1.82, 2.24) is 25.5 Å². The second kappa shape index (κ2) is 6.19. The van der Waals surface area contributed by atoms with Crippen molar-refractivity contribution in [3.05, 3.63) is 29.5 Å². The molecule has 0 aliphatic carbocycles. The number of hydrogen-bond donors (Lipinski definition) is 2. The first-order valence-electron chi connectivity index (χ1n) is 6.80. The Morgan fingerprint density at radius 3 is 2.95 bits per heavy atom.